The second kappa shape index (κ2) is 6.04. The van der Waals surface area contributed by atoms with Gasteiger partial charge in [0.05, 0.1) is 12.6 Å². The summed E-state index contributed by atoms with van der Waals surface area (Å²) in [6.07, 6.45) is -0.467. The number of aliphatic hydroxyl groups is 1. The first-order chi connectivity index (χ1) is 8.65. The van der Waals surface area contributed by atoms with Crippen molar-refractivity contribution in [2.45, 2.75) is 19.6 Å². The Bertz CT molecular complexity index is 486. The molecule has 4 nitrogen and oxygen atoms in total. The number of hydrogen-bond acceptors (Lipinski definition) is 5. The van der Waals surface area contributed by atoms with Crippen LogP contribution in [0.15, 0.2) is 30.3 Å². The van der Waals surface area contributed by atoms with Gasteiger partial charge in [-0.15, -0.1) is 21.5 Å². The molecule has 1 aromatic heterocycles. The molecular formula is C13H17N3OS. The number of likely N-dealkylation sites (N-methyl/N-ethyl adjacent to an activating group) is 1. The largest absolute Gasteiger partial charge is 0.387 e. The minimum atomic E-state index is -0.467. The minimum Gasteiger partial charge on any atom is -0.387 e. The van der Waals surface area contributed by atoms with Crippen molar-refractivity contribution in [3.05, 3.63) is 45.9 Å². The van der Waals surface area contributed by atoms with Gasteiger partial charge in [-0.3, -0.25) is 4.90 Å². The van der Waals surface area contributed by atoms with Gasteiger partial charge in [0, 0.05) is 6.54 Å². The smallest absolute Gasteiger partial charge is 0.131 e. The molecule has 0 amide bonds. The number of nitrogens with zero attached hydrogens (tertiary/aromatic N) is 3. The normalized spacial score (nSPS) is 12.9. The number of aryl methyl sites for hydroxylation is 1. The number of benzene rings is 1. The summed E-state index contributed by atoms with van der Waals surface area (Å²) in [5.41, 5.74) is 0.942. The molecule has 0 aliphatic carbocycles. The number of hydrogen-bond donors (Lipinski definition) is 1. The second-order valence-corrected chi connectivity index (χ2v) is 5.60. The zero-order valence-electron chi connectivity index (χ0n) is 10.6. The maximum atomic E-state index is 10.1. The van der Waals surface area contributed by atoms with Crippen LogP contribution in [0, 0.1) is 6.92 Å². The molecule has 1 aromatic carbocycles. The summed E-state index contributed by atoms with van der Waals surface area (Å²) >= 11 is 1.59. The third-order valence-electron chi connectivity index (χ3n) is 2.64. The van der Waals surface area contributed by atoms with Gasteiger partial charge < -0.3 is 5.11 Å². The molecule has 1 N–H and O–H groups in total. The Kier molecular flexibility index (Phi) is 4.41. The van der Waals surface area contributed by atoms with Crippen LogP contribution in [0.25, 0.3) is 0 Å². The summed E-state index contributed by atoms with van der Waals surface area (Å²) in [6, 6.07) is 9.70. The molecule has 1 heterocycles. The Labute approximate surface area is 111 Å². The van der Waals surface area contributed by atoms with Gasteiger partial charge in [-0.05, 0) is 19.5 Å². The predicted molar refractivity (Wildman–Crippen MR) is 72.4 cm³/mol. The van der Waals surface area contributed by atoms with Gasteiger partial charge in [0.15, 0.2) is 0 Å². The summed E-state index contributed by atoms with van der Waals surface area (Å²) in [7, 11) is 1.98. The van der Waals surface area contributed by atoms with Crippen LogP contribution in [-0.2, 0) is 6.54 Å². The second-order valence-electron chi connectivity index (χ2n) is 4.34. The Balaban J connectivity index is 1.89. The van der Waals surface area contributed by atoms with E-state index in [0.29, 0.717) is 6.54 Å². The third-order valence-corrected chi connectivity index (χ3v) is 3.47. The van der Waals surface area contributed by atoms with E-state index < -0.39 is 6.10 Å². The molecule has 0 bridgehead atoms. The van der Waals surface area contributed by atoms with E-state index in [1.54, 1.807) is 11.3 Å². The molecule has 0 aliphatic rings. The highest BCUT2D eigenvalue weighted by atomic mass is 32.1. The van der Waals surface area contributed by atoms with E-state index in [9.17, 15) is 5.11 Å². The molecule has 1 unspecified atom stereocenters. The van der Waals surface area contributed by atoms with Crippen LogP contribution in [0.3, 0.4) is 0 Å². The van der Waals surface area contributed by atoms with Crippen molar-refractivity contribution in [2.24, 2.45) is 0 Å². The van der Waals surface area contributed by atoms with Crippen LogP contribution in [0.4, 0.5) is 0 Å². The van der Waals surface area contributed by atoms with Gasteiger partial charge in [-0.1, -0.05) is 30.3 Å². The van der Waals surface area contributed by atoms with Crippen LogP contribution < -0.4 is 0 Å². The van der Waals surface area contributed by atoms with Crippen LogP contribution in [-0.4, -0.2) is 33.8 Å². The van der Waals surface area contributed by atoms with Crippen molar-refractivity contribution >= 4 is 11.3 Å². The highest BCUT2D eigenvalue weighted by Crippen LogP contribution is 2.15. The molecule has 96 valence electrons. The number of aromatic nitrogens is 2. The molecule has 0 saturated carbocycles. The van der Waals surface area contributed by atoms with Crippen molar-refractivity contribution in [1.82, 2.24) is 15.1 Å². The standard InChI is InChI=1S/C13H17N3OS/c1-10-14-15-13(18-10)9-16(2)8-12(17)11-6-4-3-5-7-11/h3-7,12,17H,8-9H2,1-2H3. The fraction of sp³-hybridized carbons (Fsp3) is 0.385. The average Bonchev–Trinajstić information content (AvgIpc) is 2.75. The predicted octanol–water partition coefficient (Wildman–Crippen LogP) is 2.01. The topological polar surface area (TPSA) is 49.2 Å². The third kappa shape index (κ3) is 3.60. The summed E-state index contributed by atoms with van der Waals surface area (Å²) in [5.74, 6) is 0. The van der Waals surface area contributed by atoms with Crippen LogP contribution >= 0.6 is 11.3 Å². The molecule has 5 heteroatoms. The first-order valence-electron chi connectivity index (χ1n) is 5.85. The van der Waals surface area contributed by atoms with Gasteiger partial charge >= 0.3 is 0 Å². The zero-order valence-corrected chi connectivity index (χ0v) is 11.4. The molecule has 18 heavy (non-hydrogen) atoms. The van der Waals surface area contributed by atoms with Crippen molar-refractivity contribution < 1.29 is 5.11 Å². The quantitative estimate of drug-likeness (QED) is 0.896. The van der Waals surface area contributed by atoms with E-state index in [2.05, 4.69) is 15.1 Å². The van der Waals surface area contributed by atoms with Gasteiger partial charge in [-0.2, -0.15) is 0 Å². The first-order valence-corrected chi connectivity index (χ1v) is 6.67. The molecule has 0 saturated heterocycles. The van der Waals surface area contributed by atoms with E-state index in [-0.39, 0.29) is 0 Å². The lowest BCUT2D eigenvalue weighted by atomic mass is 10.1. The summed E-state index contributed by atoms with van der Waals surface area (Å²) in [4.78, 5) is 2.05. The minimum absolute atomic E-state index is 0.467. The highest BCUT2D eigenvalue weighted by Gasteiger charge is 2.12. The van der Waals surface area contributed by atoms with Crippen molar-refractivity contribution in [2.75, 3.05) is 13.6 Å². The highest BCUT2D eigenvalue weighted by molar-refractivity contribution is 7.11. The summed E-state index contributed by atoms with van der Waals surface area (Å²) in [5, 5.41) is 20.1. The Morgan fingerprint density at radius 3 is 2.61 bits per heavy atom. The SMILES string of the molecule is Cc1nnc(CN(C)CC(O)c2ccccc2)s1. The molecule has 0 aliphatic heterocycles. The molecule has 2 rings (SSSR count). The average molecular weight is 263 g/mol. The summed E-state index contributed by atoms with van der Waals surface area (Å²) < 4.78 is 0. The number of rotatable bonds is 5. The maximum Gasteiger partial charge on any atom is 0.131 e. The van der Waals surface area contributed by atoms with Crippen LogP contribution in [0.2, 0.25) is 0 Å². The monoisotopic (exact) mass is 263 g/mol. The Morgan fingerprint density at radius 2 is 2.00 bits per heavy atom. The van der Waals surface area contributed by atoms with E-state index in [1.807, 2.05) is 44.3 Å². The van der Waals surface area contributed by atoms with Crippen LogP contribution in [0.5, 0.6) is 0 Å². The van der Waals surface area contributed by atoms with Crippen molar-refractivity contribution in [1.29, 1.82) is 0 Å². The van der Waals surface area contributed by atoms with E-state index >= 15 is 0 Å². The molecule has 2 aromatic rings. The van der Waals surface area contributed by atoms with Crippen LogP contribution in [0.1, 0.15) is 21.7 Å². The van der Waals surface area contributed by atoms with Gasteiger partial charge in [-0.25, -0.2) is 0 Å². The van der Waals surface area contributed by atoms with Gasteiger partial charge in [0.1, 0.15) is 10.0 Å². The molecular weight excluding hydrogens is 246 g/mol. The zero-order chi connectivity index (χ0) is 13.0. The van der Waals surface area contributed by atoms with E-state index in [0.717, 1.165) is 22.1 Å². The summed E-state index contributed by atoms with van der Waals surface area (Å²) in [6.45, 7) is 3.25. The van der Waals surface area contributed by atoms with E-state index in [4.69, 9.17) is 0 Å². The van der Waals surface area contributed by atoms with Gasteiger partial charge in [0.25, 0.3) is 0 Å². The lowest BCUT2D eigenvalue weighted by Gasteiger charge is -2.19. The fourth-order valence-corrected chi connectivity index (χ4v) is 2.56. The molecule has 0 fully saturated rings. The maximum absolute atomic E-state index is 10.1. The molecule has 1 atom stereocenters. The van der Waals surface area contributed by atoms with Crippen molar-refractivity contribution in [3.63, 3.8) is 0 Å². The molecule has 0 spiro atoms. The van der Waals surface area contributed by atoms with Crippen molar-refractivity contribution in [3.8, 4) is 0 Å². The Hall–Kier alpha value is -1.30. The Morgan fingerprint density at radius 1 is 1.28 bits per heavy atom. The fourth-order valence-electron chi connectivity index (χ4n) is 1.77. The first kappa shape index (κ1) is 13.1. The molecule has 0 radical (unpaired) electrons. The van der Waals surface area contributed by atoms with E-state index in [1.165, 1.54) is 0 Å². The van der Waals surface area contributed by atoms with Gasteiger partial charge in [0.2, 0.25) is 0 Å². The lowest BCUT2D eigenvalue weighted by Crippen LogP contribution is -2.24. The number of aliphatic hydroxyl groups excluding tert-OH is 1. The lowest BCUT2D eigenvalue weighted by molar-refractivity contribution is 0.123.